The molecular formula is C16H17BrN2O3S. The maximum atomic E-state index is 12.4. The first kappa shape index (κ1) is 17.7. The molecule has 0 saturated carbocycles. The summed E-state index contributed by atoms with van der Waals surface area (Å²) in [6.07, 6.45) is 0. The second-order valence-electron chi connectivity index (χ2n) is 5.17. The molecule has 1 amide bonds. The molecule has 2 rings (SSSR count). The smallest absolute Gasteiger partial charge is 0.264 e. The van der Waals surface area contributed by atoms with E-state index in [1.54, 1.807) is 30.3 Å². The van der Waals surface area contributed by atoms with Gasteiger partial charge < -0.3 is 5.73 Å². The predicted octanol–water partition coefficient (Wildman–Crippen LogP) is 2.78. The van der Waals surface area contributed by atoms with E-state index in [1.165, 1.54) is 12.1 Å². The summed E-state index contributed by atoms with van der Waals surface area (Å²) >= 11 is 3.38. The molecule has 0 aliphatic heterocycles. The lowest BCUT2D eigenvalue weighted by Gasteiger charge is -2.17. The minimum atomic E-state index is -4.06. The van der Waals surface area contributed by atoms with Crippen LogP contribution in [0.1, 0.15) is 32.4 Å². The van der Waals surface area contributed by atoms with Crippen molar-refractivity contribution >= 4 is 31.9 Å². The van der Waals surface area contributed by atoms with Crippen molar-refractivity contribution in [2.75, 3.05) is 0 Å². The largest absolute Gasteiger partial charge is 0.310 e. The number of benzene rings is 2. The van der Waals surface area contributed by atoms with Gasteiger partial charge in [0.25, 0.3) is 15.9 Å². The molecule has 0 saturated heterocycles. The van der Waals surface area contributed by atoms with Crippen LogP contribution >= 0.6 is 15.9 Å². The molecule has 23 heavy (non-hydrogen) atoms. The topological polar surface area (TPSA) is 89.3 Å². The summed E-state index contributed by atoms with van der Waals surface area (Å²) in [4.78, 5) is 12.0. The van der Waals surface area contributed by atoms with Crippen molar-refractivity contribution in [3.05, 3.63) is 69.2 Å². The summed E-state index contributed by atoms with van der Waals surface area (Å²) < 4.78 is 27.4. The summed E-state index contributed by atoms with van der Waals surface area (Å²) in [5, 5.41) is -1.36. The number of nitrogens with one attached hydrogen (secondary N) is 1. The average molecular weight is 397 g/mol. The molecule has 0 bridgehead atoms. The van der Waals surface area contributed by atoms with Gasteiger partial charge in [0.2, 0.25) is 0 Å². The third-order valence-corrected chi connectivity index (χ3v) is 6.04. The zero-order chi connectivity index (χ0) is 17.2. The number of aryl methyl sites for hydroxylation is 1. The molecule has 3 N–H and O–H groups in total. The van der Waals surface area contributed by atoms with Crippen LogP contribution in [0.25, 0.3) is 0 Å². The first-order valence-corrected chi connectivity index (χ1v) is 9.20. The van der Waals surface area contributed by atoms with E-state index in [0.29, 0.717) is 10.0 Å². The highest BCUT2D eigenvalue weighted by atomic mass is 79.9. The fraction of sp³-hybridized carbons (Fsp3) is 0.188. The minimum absolute atomic E-state index is 0.252. The van der Waals surface area contributed by atoms with Crippen LogP contribution in [0.4, 0.5) is 0 Å². The molecule has 2 aromatic rings. The van der Waals surface area contributed by atoms with Crippen LogP contribution in [0.5, 0.6) is 0 Å². The zero-order valence-corrected chi connectivity index (χ0v) is 15.1. The van der Waals surface area contributed by atoms with Crippen molar-refractivity contribution in [3.8, 4) is 0 Å². The van der Waals surface area contributed by atoms with Gasteiger partial charge in [-0.05, 0) is 37.1 Å². The molecule has 5 nitrogen and oxygen atoms in total. The molecule has 0 aromatic heterocycles. The Morgan fingerprint density at radius 1 is 1.13 bits per heavy atom. The second kappa shape index (κ2) is 6.82. The Hall–Kier alpha value is -1.70. The number of amides is 1. The molecule has 1 unspecified atom stereocenters. The van der Waals surface area contributed by atoms with Crippen LogP contribution in [0.15, 0.2) is 46.9 Å². The normalized spacial score (nSPS) is 12.7. The van der Waals surface area contributed by atoms with Crippen molar-refractivity contribution in [3.63, 3.8) is 0 Å². The SMILES string of the molecule is Cc1ccc(C(N)S(=O)(=O)NC(=O)c2ccccc2)c(Br)c1C. The number of halogens is 1. The summed E-state index contributed by atoms with van der Waals surface area (Å²) in [5.41, 5.74) is 8.46. The Balaban J connectivity index is 2.30. The minimum Gasteiger partial charge on any atom is -0.310 e. The Labute approximate surface area is 144 Å². The molecule has 1 atom stereocenters. The quantitative estimate of drug-likeness (QED) is 0.831. The van der Waals surface area contributed by atoms with E-state index in [2.05, 4.69) is 15.9 Å². The van der Waals surface area contributed by atoms with E-state index >= 15 is 0 Å². The second-order valence-corrected chi connectivity index (χ2v) is 7.77. The zero-order valence-electron chi connectivity index (χ0n) is 12.7. The molecule has 122 valence electrons. The van der Waals surface area contributed by atoms with Crippen LogP contribution in [0.2, 0.25) is 0 Å². The van der Waals surface area contributed by atoms with Crippen molar-refractivity contribution in [1.82, 2.24) is 4.72 Å². The Bertz CT molecular complexity index is 836. The van der Waals surface area contributed by atoms with Gasteiger partial charge in [-0.2, -0.15) is 0 Å². The Morgan fingerprint density at radius 2 is 1.74 bits per heavy atom. The van der Waals surface area contributed by atoms with Crippen LogP contribution in [0.3, 0.4) is 0 Å². The number of carbonyl (C=O) groups excluding carboxylic acids is 1. The molecule has 0 spiro atoms. The van der Waals surface area contributed by atoms with E-state index in [4.69, 9.17) is 5.73 Å². The van der Waals surface area contributed by atoms with Crippen molar-refractivity contribution in [2.45, 2.75) is 19.2 Å². The van der Waals surface area contributed by atoms with Gasteiger partial charge in [0.15, 0.2) is 5.37 Å². The fourth-order valence-electron chi connectivity index (χ4n) is 2.03. The number of hydrogen-bond donors (Lipinski definition) is 2. The first-order chi connectivity index (χ1) is 10.7. The van der Waals surface area contributed by atoms with Gasteiger partial charge in [-0.15, -0.1) is 0 Å². The van der Waals surface area contributed by atoms with Gasteiger partial charge >= 0.3 is 0 Å². The van der Waals surface area contributed by atoms with E-state index in [0.717, 1.165) is 11.1 Å². The number of carbonyl (C=O) groups is 1. The van der Waals surface area contributed by atoms with Gasteiger partial charge in [0.1, 0.15) is 0 Å². The van der Waals surface area contributed by atoms with E-state index < -0.39 is 21.3 Å². The molecule has 2 aromatic carbocycles. The van der Waals surface area contributed by atoms with Crippen molar-refractivity contribution in [2.24, 2.45) is 5.73 Å². The highest BCUT2D eigenvalue weighted by Gasteiger charge is 2.28. The molecule has 0 aliphatic carbocycles. The van der Waals surface area contributed by atoms with E-state index in [1.807, 2.05) is 18.6 Å². The monoisotopic (exact) mass is 396 g/mol. The first-order valence-electron chi connectivity index (χ1n) is 6.86. The van der Waals surface area contributed by atoms with Crippen molar-refractivity contribution < 1.29 is 13.2 Å². The van der Waals surface area contributed by atoms with Gasteiger partial charge in [0, 0.05) is 15.6 Å². The number of nitrogens with two attached hydrogens (primary N) is 1. The number of hydrogen-bond acceptors (Lipinski definition) is 4. The molecular weight excluding hydrogens is 380 g/mol. The van der Waals surface area contributed by atoms with E-state index in [9.17, 15) is 13.2 Å². The van der Waals surface area contributed by atoms with Gasteiger partial charge in [-0.25, -0.2) is 13.1 Å². The molecule has 0 radical (unpaired) electrons. The maximum Gasteiger partial charge on any atom is 0.264 e. The maximum absolute atomic E-state index is 12.4. The predicted molar refractivity (Wildman–Crippen MR) is 93.4 cm³/mol. The lowest BCUT2D eigenvalue weighted by molar-refractivity contribution is 0.0981. The number of sulfonamides is 1. The highest BCUT2D eigenvalue weighted by molar-refractivity contribution is 9.10. The molecule has 0 heterocycles. The molecule has 0 fully saturated rings. The summed E-state index contributed by atoms with van der Waals surface area (Å²) in [5.74, 6) is -0.707. The summed E-state index contributed by atoms with van der Waals surface area (Å²) in [6.45, 7) is 3.78. The van der Waals surface area contributed by atoms with E-state index in [-0.39, 0.29) is 5.56 Å². The summed E-state index contributed by atoms with van der Waals surface area (Å²) in [7, 11) is -4.06. The summed E-state index contributed by atoms with van der Waals surface area (Å²) in [6, 6.07) is 11.5. The lowest BCUT2D eigenvalue weighted by atomic mass is 10.1. The molecule has 0 aliphatic rings. The third kappa shape index (κ3) is 3.80. The van der Waals surface area contributed by atoms with Crippen LogP contribution in [-0.4, -0.2) is 14.3 Å². The van der Waals surface area contributed by atoms with Crippen molar-refractivity contribution in [1.29, 1.82) is 0 Å². The molecule has 7 heteroatoms. The third-order valence-electron chi connectivity index (χ3n) is 3.60. The van der Waals surface area contributed by atoms with Gasteiger partial charge in [0.05, 0.1) is 0 Å². The Kier molecular flexibility index (Phi) is 5.23. The number of rotatable bonds is 4. The highest BCUT2D eigenvalue weighted by Crippen LogP contribution is 2.30. The van der Waals surface area contributed by atoms with Crippen LogP contribution in [-0.2, 0) is 10.0 Å². The van der Waals surface area contributed by atoms with Gasteiger partial charge in [-0.1, -0.05) is 46.3 Å². The van der Waals surface area contributed by atoms with Crippen LogP contribution in [0, 0.1) is 13.8 Å². The average Bonchev–Trinajstić information content (AvgIpc) is 2.52. The Morgan fingerprint density at radius 3 is 2.35 bits per heavy atom. The van der Waals surface area contributed by atoms with Gasteiger partial charge in [-0.3, -0.25) is 4.79 Å². The standard InChI is InChI=1S/C16H17BrN2O3S/c1-10-8-9-13(14(17)11(10)2)15(18)23(21,22)19-16(20)12-6-4-3-5-7-12/h3-9,15H,18H2,1-2H3,(H,19,20). The fourth-order valence-corrected chi connectivity index (χ4v) is 3.91. The lowest BCUT2D eigenvalue weighted by Crippen LogP contribution is -2.38. The van der Waals surface area contributed by atoms with Crippen LogP contribution < -0.4 is 10.5 Å².